The maximum absolute atomic E-state index is 16.0. The summed E-state index contributed by atoms with van der Waals surface area (Å²) in [6.07, 6.45) is 6.42. The Balaban J connectivity index is 0.735. The van der Waals surface area contributed by atoms with E-state index in [9.17, 15) is 29.1 Å². The van der Waals surface area contributed by atoms with Gasteiger partial charge in [-0.3, -0.25) is 34.6 Å². The highest BCUT2D eigenvalue weighted by molar-refractivity contribution is 7.13. The molecule has 0 saturated carbocycles. The summed E-state index contributed by atoms with van der Waals surface area (Å²) in [5.41, 5.74) is 4.39. The summed E-state index contributed by atoms with van der Waals surface area (Å²) in [7, 11) is 0. The van der Waals surface area contributed by atoms with Gasteiger partial charge in [0.15, 0.2) is 11.2 Å². The average molecular weight is 935 g/mol. The van der Waals surface area contributed by atoms with Crippen LogP contribution in [0.4, 0.5) is 26.6 Å². The summed E-state index contributed by atoms with van der Waals surface area (Å²) in [5.74, 6) is -2.14. The van der Waals surface area contributed by atoms with E-state index < -0.39 is 35.3 Å². The number of aryl methyl sites for hydroxylation is 1. The fraction of sp³-hybridized carbons (Fsp3) is 0.383. The number of nitrogens with zero attached hydrogens (tertiary/aromatic N) is 7. The number of imide groups is 1. The molecule has 4 N–H and O–H groups in total. The molecule has 2 unspecified atom stereocenters. The van der Waals surface area contributed by atoms with Crippen molar-refractivity contribution in [3.8, 4) is 11.1 Å². The molecule has 3 fully saturated rings. The third-order valence-corrected chi connectivity index (χ3v) is 14.5. The molecule has 16 nitrogen and oxygen atoms in total. The first-order chi connectivity index (χ1) is 31.9. The first-order valence-corrected chi connectivity index (χ1v) is 23.5. The summed E-state index contributed by atoms with van der Waals surface area (Å²) in [5, 5.41) is 22.5. The SMILES string of the molecule is O=C1CCC(Nc2ccc(N3CCC(O)(CC(=O)N4CCN(c5ccc(-c6cc(F)c7c(c6)C(=O)N(C(C(=O)Nc6nccs6)c6ncn8c6CCC8)C7)cc5)CC4)CC3)c(Cl)c2)C(=O)N1. The Kier molecular flexibility index (Phi) is 11.7. The number of aromatic nitrogens is 3. The monoisotopic (exact) mass is 934 g/mol. The van der Waals surface area contributed by atoms with E-state index in [-0.39, 0.29) is 48.2 Å². The van der Waals surface area contributed by atoms with E-state index in [0.29, 0.717) is 85.6 Å². The Morgan fingerprint density at radius 1 is 0.939 bits per heavy atom. The van der Waals surface area contributed by atoms with Gasteiger partial charge < -0.3 is 34.6 Å². The largest absolute Gasteiger partial charge is 0.389 e. The van der Waals surface area contributed by atoms with E-state index in [4.69, 9.17) is 11.6 Å². The van der Waals surface area contributed by atoms with Gasteiger partial charge in [0.2, 0.25) is 17.7 Å². The first kappa shape index (κ1) is 43.5. The lowest BCUT2D eigenvalue weighted by molar-refractivity contribution is -0.138. The molecule has 10 rings (SSSR count). The predicted octanol–water partition coefficient (Wildman–Crippen LogP) is 5.37. The van der Waals surface area contributed by atoms with Gasteiger partial charge in [-0.15, -0.1) is 11.3 Å². The topological polar surface area (TPSA) is 185 Å². The zero-order chi connectivity index (χ0) is 45.7. The second kappa shape index (κ2) is 17.8. The van der Waals surface area contributed by atoms with Crippen molar-refractivity contribution in [2.75, 3.05) is 59.7 Å². The van der Waals surface area contributed by atoms with Crippen molar-refractivity contribution < 1.29 is 33.5 Å². The molecule has 66 heavy (non-hydrogen) atoms. The van der Waals surface area contributed by atoms with Crippen molar-refractivity contribution in [2.24, 2.45) is 0 Å². The van der Waals surface area contributed by atoms with Gasteiger partial charge in [-0.05, 0) is 85.7 Å². The number of aliphatic hydroxyl groups is 1. The molecule has 2 aromatic heterocycles. The van der Waals surface area contributed by atoms with Crippen LogP contribution < -0.4 is 25.8 Å². The molecule has 5 aliphatic rings. The minimum atomic E-state index is -1.14. The molecule has 3 aromatic carbocycles. The van der Waals surface area contributed by atoms with Crippen LogP contribution in [0.15, 0.2) is 72.5 Å². The van der Waals surface area contributed by atoms with Crippen LogP contribution in [0.25, 0.3) is 11.1 Å². The molecule has 0 radical (unpaired) electrons. The molecular formula is C47H48ClFN10O6S. The number of hydrogen-bond donors (Lipinski definition) is 4. The highest BCUT2D eigenvalue weighted by Gasteiger charge is 2.42. The first-order valence-electron chi connectivity index (χ1n) is 22.3. The molecule has 3 saturated heterocycles. The van der Waals surface area contributed by atoms with Crippen molar-refractivity contribution >= 4 is 74.7 Å². The normalized spacial score (nSPS) is 19.7. The van der Waals surface area contributed by atoms with Crippen LogP contribution in [0.1, 0.15) is 71.9 Å². The number of carbonyl (C=O) groups is 5. The van der Waals surface area contributed by atoms with E-state index in [0.717, 1.165) is 42.0 Å². The lowest BCUT2D eigenvalue weighted by atomic mass is 9.87. The van der Waals surface area contributed by atoms with Crippen LogP contribution in [0.3, 0.4) is 0 Å². The zero-order valence-electron chi connectivity index (χ0n) is 36.0. The number of benzene rings is 3. The van der Waals surface area contributed by atoms with E-state index in [1.807, 2.05) is 41.0 Å². The Hall–Kier alpha value is -6.37. The summed E-state index contributed by atoms with van der Waals surface area (Å²) in [6, 6.07) is 14.7. The number of rotatable bonds is 11. The van der Waals surface area contributed by atoms with Gasteiger partial charge in [-0.2, -0.15) is 0 Å². The molecule has 342 valence electrons. The number of thiazole rings is 1. The summed E-state index contributed by atoms with van der Waals surface area (Å²) in [6.45, 7) is 3.92. The van der Waals surface area contributed by atoms with Crippen molar-refractivity contribution in [3.63, 3.8) is 0 Å². The van der Waals surface area contributed by atoms with E-state index in [1.165, 1.54) is 22.3 Å². The summed E-state index contributed by atoms with van der Waals surface area (Å²) < 4.78 is 18.0. The van der Waals surface area contributed by atoms with Crippen molar-refractivity contribution in [3.05, 3.63) is 106 Å². The number of halogens is 2. The molecule has 0 spiro atoms. The van der Waals surface area contributed by atoms with Crippen LogP contribution in [0.5, 0.6) is 0 Å². The highest BCUT2D eigenvalue weighted by Crippen LogP contribution is 2.39. The minimum absolute atomic E-state index is 0.0294. The van der Waals surface area contributed by atoms with Gasteiger partial charge >= 0.3 is 0 Å². The fourth-order valence-electron chi connectivity index (χ4n) is 9.86. The van der Waals surface area contributed by atoms with Crippen LogP contribution in [0.2, 0.25) is 5.02 Å². The van der Waals surface area contributed by atoms with Crippen LogP contribution in [-0.4, -0.2) is 110 Å². The van der Waals surface area contributed by atoms with E-state index >= 15 is 4.39 Å². The van der Waals surface area contributed by atoms with Gasteiger partial charge in [0.05, 0.1) is 41.3 Å². The number of amides is 5. The molecule has 7 heterocycles. The lowest BCUT2D eigenvalue weighted by Gasteiger charge is -2.41. The number of piperidine rings is 2. The maximum Gasteiger partial charge on any atom is 0.255 e. The third-order valence-electron chi connectivity index (χ3n) is 13.5. The predicted molar refractivity (Wildman–Crippen MR) is 247 cm³/mol. The highest BCUT2D eigenvalue weighted by atomic mass is 35.5. The maximum atomic E-state index is 16.0. The van der Waals surface area contributed by atoms with Gasteiger partial charge in [0, 0.05) is 92.0 Å². The molecular weight excluding hydrogens is 887 g/mol. The molecule has 5 aliphatic heterocycles. The van der Waals surface area contributed by atoms with Crippen LogP contribution in [-0.2, 0) is 38.7 Å². The molecule has 5 aromatic rings. The Morgan fingerprint density at radius 2 is 1.73 bits per heavy atom. The Bertz CT molecular complexity index is 2720. The standard InChI is InChI=1S/C47H48ClFN10O6S/c48-34-24-30(52-36-8-10-39(60)53-43(36)62)5-9-37(34)56-15-11-47(65,12-16-56)25-40(61)57-19-17-55(18-20-57)31-6-3-28(4-7-31)29-22-32-33(35(49)23-29)26-59(45(32)64)42(44(63)54-46-50-13-21-66-46)41-38-2-1-14-58(38)27-51-41/h3-7,9,13,21-24,27,36,42,52,65H,1-2,8,10-12,14-20,25-26H2,(H,50,54,63)(H,53,60,62). The van der Waals surface area contributed by atoms with Crippen molar-refractivity contribution in [2.45, 2.75) is 75.7 Å². The van der Waals surface area contributed by atoms with Crippen molar-refractivity contribution in [1.29, 1.82) is 0 Å². The van der Waals surface area contributed by atoms with Crippen molar-refractivity contribution in [1.82, 2.24) is 29.7 Å². The van der Waals surface area contributed by atoms with Gasteiger partial charge in [-0.1, -0.05) is 23.7 Å². The number of carbonyl (C=O) groups excluding carboxylic acids is 5. The number of hydrogen-bond acceptors (Lipinski definition) is 12. The van der Waals surface area contributed by atoms with Crippen LogP contribution in [0, 0.1) is 5.82 Å². The minimum Gasteiger partial charge on any atom is -0.389 e. The number of imidazole rings is 1. The average Bonchev–Trinajstić information content (AvgIpc) is 4.13. The number of nitrogens with one attached hydrogen (secondary N) is 3. The molecule has 5 amide bonds. The summed E-state index contributed by atoms with van der Waals surface area (Å²) >= 11 is 7.94. The molecule has 0 aliphatic carbocycles. The fourth-order valence-corrected chi connectivity index (χ4v) is 10.7. The van der Waals surface area contributed by atoms with Crippen LogP contribution >= 0.6 is 22.9 Å². The number of fused-ring (bicyclic) bond motifs is 2. The quantitative estimate of drug-likeness (QED) is 0.125. The number of piperazine rings is 1. The third kappa shape index (κ3) is 8.60. The lowest BCUT2D eigenvalue weighted by Crippen LogP contribution is -2.52. The molecule has 19 heteroatoms. The Morgan fingerprint density at radius 3 is 2.45 bits per heavy atom. The second-order valence-electron chi connectivity index (χ2n) is 17.6. The number of anilines is 4. The molecule has 0 bridgehead atoms. The van der Waals surface area contributed by atoms with Gasteiger partial charge in [0.1, 0.15) is 11.9 Å². The van der Waals surface area contributed by atoms with Gasteiger partial charge in [0.25, 0.3) is 11.8 Å². The summed E-state index contributed by atoms with van der Waals surface area (Å²) in [4.78, 5) is 81.5. The Labute approximate surface area is 388 Å². The zero-order valence-corrected chi connectivity index (χ0v) is 37.5. The van der Waals surface area contributed by atoms with Gasteiger partial charge in [-0.25, -0.2) is 14.4 Å². The smallest absolute Gasteiger partial charge is 0.255 e. The second-order valence-corrected chi connectivity index (χ2v) is 18.9. The van der Waals surface area contributed by atoms with E-state index in [1.54, 1.807) is 34.9 Å². The molecule has 2 atom stereocenters. The van der Waals surface area contributed by atoms with E-state index in [2.05, 4.69) is 35.7 Å².